The fraction of sp³-hybridized carbons (Fsp3) is 0.900. The van der Waals surface area contributed by atoms with E-state index in [4.69, 9.17) is 10.5 Å². The monoisotopic (exact) mass is 236 g/mol. The third-order valence-corrected chi connectivity index (χ3v) is 2.47. The molecule has 5 heteroatoms. The van der Waals surface area contributed by atoms with E-state index in [1.54, 1.807) is 6.92 Å². The van der Waals surface area contributed by atoms with Crippen LogP contribution < -0.4 is 11.1 Å². The smallest absolute Gasteiger partial charge is 0.236 e. The predicted molar refractivity (Wildman–Crippen MR) is 62.1 cm³/mol. The van der Waals surface area contributed by atoms with Gasteiger partial charge >= 0.3 is 0 Å². The molecule has 4 nitrogen and oxygen atoms in total. The fourth-order valence-electron chi connectivity index (χ4n) is 1.62. The minimum absolute atomic E-state index is 0. The van der Waals surface area contributed by atoms with Gasteiger partial charge in [-0.1, -0.05) is 12.8 Å². The molecule has 0 saturated heterocycles. The minimum atomic E-state index is -0.429. The van der Waals surface area contributed by atoms with Crippen LogP contribution in [0.3, 0.4) is 0 Å². The Bertz CT molecular complexity index is 182. The molecule has 0 spiro atoms. The van der Waals surface area contributed by atoms with E-state index in [2.05, 4.69) is 5.32 Å². The molecular formula is C10H21ClN2O2. The molecule has 1 saturated carbocycles. The van der Waals surface area contributed by atoms with E-state index in [0.29, 0.717) is 19.3 Å². The first-order valence-electron chi connectivity index (χ1n) is 5.35. The predicted octanol–water partition coefficient (Wildman–Crippen LogP) is 0.831. The highest BCUT2D eigenvalue weighted by molar-refractivity contribution is 5.85. The summed E-state index contributed by atoms with van der Waals surface area (Å²) in [5, 5.41) is 2.72. The van der Waals surface area contributed by atoms with Gasteiger partial charge in [-0.15, -0.1) is 12.4 Å². The molecule has 3 N–H and O–H groups in total. The molecule has 0 bridgehead atoms. The van der Waals surface area contributed by atoms with Crippen LogP contribution in [0.5, 0.6) is 0 Å². The summed E-state index contributed by atoms with van der Waals surface area (Å²) in [6.07, 6.45) is 5.30. The number of nitrogens with one attached hydrogen (secondary N) is 1. The number of hydrogen-bond donors (Lipinski definition) is 2. The highest BCUT2D eigenvalue weighted by Gasteiger charge is 2.14. The maximum Gasteiger partial charge on any atom is 0.236 e. The molecule has 1 unspecified atom stereocenters. The molecular weight excluding hydrogens is 216 g/mol. The maximum absolute atomic E-state index is 11.0. The summed E-state index contributed by atoms with van der Waals surface area (Å²) in [6.45, 7) is 2.84. The van der Waals surface area contributed by atoms with Crippen molar-refractivity contribution < 1.29 is 9.53 Å². The highest BCUT2D eigenvalue weighted by Crippen LogP contribution is 2.20. The molecule has 0 aromatic carbocycles. The van der Waals surface area contributed by atoms with Crippen LogP contribution in [0.25, 0.3) is 0 Å². The van der Waals surface area contributed by atoms with Crippen molar-refractivity contribution in [1.29, 1.82) is 0 Å². The standard InChI is InChI=1S/C10H20N2O2.ClH/c1-8(11)10(13)12-6-7-14-9-4-2-3-5-9;/h8-9H,2-7,11H2,1H3,(H,12,13);1H. The Kier molecular flexibility index (Phi) is 7.74. The first kappa shape index (κ1) is 14.7. The lowest BCUT2D eigenvalue weighted by molar-refractivity contribution is -0.122. The van der Waals surface area contributed by atoms with Gasteiger partial charge in [-0.25, -0.2) is 0 Å². The van der Waals surface area contributed by atoms with Crippen molar-refractivity contribution in [2.75, 3.05) is 13.2 Å². The quantitative estimate of drug-likeness (QED) is 0.695. The van der Waals surface area contributed by atoms with Crippen LogP contribution >= 0.6 is 12.4 Å². The number of carbonyl (C=O) groups is 1. The average molecular weight is 237 g/mol. The van der Waals surface area contributed by atoms with Gasteiger partial charge in [0, 0.05) is 6.54 Å². The van der Waals surface area contributed by atoms with Crippen LogP contribution in [0.1, 0.15) is 32.6 Å². The second kappa shape index (κ2) is 7.91. The van der Waals surface area contributed by atoms with E-state index in [9.17, 15) is 4.79 Å². The molecule has 0 aromatic heterocycles. The zero-order valence-electron chi connectivity index (χ0n) is 9.20. The van der Waals surface area contributed by atoms with Crippen molar-refractivity contribution in [3.05, 3.63) is 0 Å². The molecule has 90 valence electrons. The van der Waals surface area contributed by atoms with Gasteiger partial charge in [0.2, 0.25) is 5.91 Å². The van der Waals surface area contributed by atoms with Crippen LogP contribution in [-0.4, -0.2) is 31.2 Å². The van der Waals surface area contributed by atoms with E-state index in [0.717, 1.165) is 0 Å². The van der Waals surface area contributed by atoms with Crippen molar-refractivity contribution in [2.24, 2.45) is 5.73 Å². The van der Waals surface area contributed by atoms with Gasteiger partial charge in [-0.3, -0.25) is 4.79 Å². The van der Waals surface area contributed by atoms with Gasteiger partial charge in [0.25, 0.3) is 0 Å². The Morgan fingerprint density at radius 1 is 1.53 bits per heavy atom. The van der Waals surface area contributed by atoms with E-state index < -0.39 is 6.04 Å². The van der Waals surface area contributed by atoms with Crippen LogP contribution in [0, 0.1) is 0 Å². The van der Waals surface area contributed by atoms with Crippen molar-refractivity contribution in [3.63, 3.8) is 0 Å². The van der Waals surface area contributed by atoms with Crippen LogP contribution in [-0.2, 0) is 9.53 Å². The van der Waals surface area contributed by atoms with E-state index >= 15 is 0 Å². The van der Waals surface area contributed by atoms with E-state index in [1.165, 1.54) is 25.7 Å². The summed E-state index contributed by atoms with van der Waals surface area (Å²) < 4.78 is 5.58. The topological polar surface area (TPSA) is 64.4 Å². The normalized spacial score (nSPS) is 18.3. The van der Waals surface area contributed by atoms with Crippen molar-refractivity contribution >= 4 is 18.3 Å². The summed E-state index contributed by atoms with van der Waals surface area (Å²) in [5.74, 6) is -0.111. The van der Waals surface area contributed by atoms with Crippen molar-refractivity contribution in [2.45, 2.75) is 44.8 Å². The number of rotatable bonds is 5. The van der Waals surface area contributed by atoms with Crippen molar-refractivity contribution in [1.82, 2.24) is 5.32 Å². The molecule has 1 atom stereocenters. The number of nitrogens with two attached hydrogens (primary N) is 1. The van der Waals surface area contributed by atoms with Gasteiger partial charge in [0.1, 0.15) is 0 Å². The van der Waals surface area contributed by atoms with Crippen LogP contribution in [0.15, 0.2) is 0 Å². The molecule has 0 aliphatic heterocycles. The number of amides is 1. The van der Waals surface area contributed by atoms with Gasteiger partial charge in [-0.2, -0.15) is 0 Å². The second-order valence-corrected chi connectivity index (χ2v) is 3.86. The average Bonchev–Trinajstić information content (AvgIpc) is 2.64. The summed E-state index contributed by atoms with van der Waals surface area (Å²) in [5.41, 5.74) is 5.39. The summed E-state index contributed by atoms with van der Waals surface area (Å²) >= 11 is 0. The van der Waals surface area contributed by atoms with E-state index in [-0.39, 0.29) is 18.3 Å². The Morgan fingerprint density at radius 2 is 2.13 bits per heavy atom. The van der Waals surface area contributed by atoms with Gasteiger partial charge < -0.3 is 15.8 Å². The summed E-state index contributed by atoms with van der Waals surface area (Å²) in [4.78, 5) is 11.0. The Balaban J connectivity index is 0.00000196. The lowest BCUT2D eigenvalue weighted by atomic mass is 10.3. The van der Waals surface area contributed by atoms with Crippen LogP contribution in [0.2, 0.25) is 0 Å². The highest BCUT2D eigenvalue weighted by atomic mass is 35.5. The lowest BCUT2D eigenvalue weighted by Crippen LogP contribution is -2.39. The van der Waals surface area contributed by atoms with Crippen LogP contribution in [0.4, 0.5) is 0 Å². The minimum Gasteiger partial charge on any atom is -0.376 e. The first-order valence-corrected chi connectivity index (χ1v) is 5.35. The molecule has 1 aliphatic rings. The van der Waals surface area contributed by atoms with Crippen molar-refractivity contribution in [3.8, 4) is 0 Å². The van der Waals surface area contributed by atoms with E-state index in [1.807, 2.05) is 0 Å². The maximum atomic E-state index is 11.0. The number of halogens is 1. The largest absolute Gasteiger partial charge is 0.376 e. The van der Waals surface area contributed by atoms with Gasteiger partial charge in [0.15, 0.2) is 0 Å². The van der Waals surface area contributed by atoms with Gasteiger partial charge in [0.05, 0.1) is 18.8 Å². The summed E-state index contributed by atoms with van der Waals surface area (Å²) in [6, 6.07) is -0.429. The molecule has 1 aliphatic carbocycles. The molecule has 1 fully saturated rings. The zero-order chi connectivity index (χ0) is 10.4. The number of hydrogen-bond acceptors (Lipinski definition) is 3. The Hall–Kier alpha value is -0.320. The molecule has 0 radical (unpaired) electrons. The SMILES string of the molecule is CC(N)C(=O)NCCOC1CCCC1.Cl. The molecule has 0 aromatic rings. The zero-order valence-corrected chi connectivity index (χ0v) is 10.0. The Labute approximate surface area is 97.3 Å². The third-order valence-electron chi connectivity index (χ3n) is 2.47. The lowest BCUT2D eigenvalue weighted by Gasteiger charge is -2.12. The number of ether oxygens (including phenoxy) is 1. The fourth-order valence-corrected chi connectivity index (χ4v) is 1.62. The Morgan fingerprint density at radius 3 is 2.67 bits per heavy atom. The third kappa shape index (κ3) is 5.97. The van der Waals surface area contributed by atoms with Gasteiger partial charge in [-0.05, 0) is 19.8 Å². The molecule has 15 heavy (non-hydrogen) atoms. The molecule has 1 amide bonds. The second-order valence-electron chi connectivity index (χ2n) is 3.86. The number of carbonyl (C=O) groups excluding carboxylic acids is 1. The summed E-state index contributed by atoms with van der Waals surface area (Å²) in [7, 11) is 0. The first-order chi connectivity index (χ1) is 6.70. The molecule has 1 rings (SSSR count). The molecule has 0 heterocycles.